The van der Waals surface area contributed by atoms with E-state index in [1.807, 2.05) is 17.0 Å². The number of carbonyl (C=O) groups is 1. The van der Waals surface area contributed by atoms with Crippen LogP contribution < -0.4 is 10.5 Å². The molecule has 0 unspecified atom stereocenters. The van der Waals surface area contributed by atoms with Gasteiger partial charge in [0.05, 0.1) is 13.7 Å². The number of halogens is 1. The Balaban J connectivity index is 2.88. The molecule has 0 spiro atoms. The molecule has 1 amide bonds. The normalized spacial score (nSPS) is 11.1. The van der Waals surface area contributed by atoms with Gasteiger partial charge >= 0.3 is 0 Å². The Morgan fingerprint density at radius 1 is 1.47 bits per heavy atom. The maximum Gasteiger partial charge on any atom is 0.231 e. The molecule has 0 fully saturated rings. The van der Waals surface area contributed by atoms with Crippen LogP contribution in [0.3, 0.4) is 0 Å². The van der Waals surface area contributed by atoms with Gasteiger partial charge in [0, 0.05) is 23.7 Å². The first-order valence-corrected chi connectivity index (χ1v) is 6.63. The highest BCUT2D eigenvalue weighted by atomic mass is 35.5. The molecule has 0 heterocycles. The minimum Gasteiger partial charge on any atom is -0.496 e. The van der Waals surface area contributed by atoms with Crippen molar-refractivity contribution >= 4 is 17.5 Å². The summed E-state index contributed by atoms with van der Waals surface area (Å²) in [5.74, 6) is 0.883. The molecular weight excluding hydrogens is 264 g/mol. The summed E-state index contributed by atoms with van der Waals surface area (Å²) in [5, 5.41) is 0.652. The summed E-state index contributed by atoms with van der Waals surface area (Å²) < 4.78 is 5.31. The summed E-state index contributed by atoms with van der Waals surface area (Å²) in [5.41, 5.74) is 6.24. The van der Waals surface area contributed by atoms with E-state index in [4.69, 9.17) is 22.1 Å². The molecule has 106 valence electrons. The number of nitrogens with two attached hydrogens (primary N) is 1. The van der Waals surface area contributed by atoms with Gasteiger partial charge in [-0.2, -0.15) is 0 Å². The van der Waals surface area contributed by atoms with Crippen molar-refractivity contribution in [2.45, 2.75) is 20.4 Å². The van der Waals surface area contributed by atoms with Crippen LogP contribution >= 0.6 is 11.6 Å². The topological polar surface area (TPSA) is 55.6 Å². The van der Waals surface area contributed by atoms with E-state index < -0.39 is 0 Å². The number of primary amides is 1. The Morgan fingerprint density at radius 3 is 2.68 bits per heavy atom. The number of nitrogens with zero attached hydrogens (tertiary/aromatic N) is 1. The highest BCUT2D eigenvalue weighted by Gasteiger charge is 2.14. The fraction of sp³-hybridized carbons (Fsp3) is 0.500. The predicted molar refractivity (Wildman–Crippen MR) is 77.3 cm³/mol. The van der Waals surface area contributed by atoms with E-state index in [0.717, 1.165) is 17.9 Å². The van der Waals surface area contributed by atoms with Crippen molar-refractivity contribution in [1.29, 1.82) is 0 Å². The predicted octanol–water partition coefficient (Wildman–Crippen LogP) is 2.29. The highest BCUT2D eigenvalue weighted by molar-refractivity contribution is 6.30. The van der Waals surface area contributed by atoms with Crippen LogP contribution in [0.15, 0.2) is 18.2 Å². The second-order valence-electron chi connectivity index (χ2n) is 4.99. The Bertz CT molecular complexity index is 435. The van der Waals surface area contributed by atoms with E-state index in [-0.39, 0.29) is 12.5 Å². The van der Waals surface area contributed by atoms with Crippen molar-refractivity contribution in [3.05, 3.63) is 28.8 Å². The SMILES string of the molecule is COc1ccc(Cl)cc1CN(CC(N)=O)CC(C)C. The molecule has 0 atom stereocenters. The van der Waals surface area contributed by atoms with E-state index in [0.29, 0.717) is 17.5 Å². The molecule has 0 saturated carbocycles. The van der Waals surface area contributed by atoms with Crippen molar-refractivity contribution in [3.8, 4) is 5.75 Å². The summed E-state index contributed by atoms with van der Waals surface area (Å²) in [7, 11) is 1.62. The third kappa shape index (κ3) is 5.49. The van der Waals surface area contributed by atoms with Crippen molar-refractivity contribution in [3.63, 3.8) is 0 Å². The molecule has 5 heteroatoms. The zero-order chi connectivity index (χ0) is 14.4. The molecule has 1 aromatic carbocycles. The second kappa shape index (κ2) is 7.36. The molecule has 1 aromatic rings. The first kappa shape index (κ1) is 15.8. The Labute approximate surface area is 119 Å². The molecule has 0 aliphatic rings. The maximum absolute atomic E-state index is 11.1. The van der Waals surface area contributed by atoms with Gasteiger partial charge in [-0.1, -0.05) is 25.4 Å². The molecule has 0 radical (unpaired) electrons. The molecule has 0 bridgehead atoms. The highest BCUT2D eigenvalue weighted by Crippen LogP contribution is 2.24. The Kier molecular flexibility index (Phi) is 6.12. The number of carbonyl (C=O) groups excluding carboxylic acids is 1. The number of rotatable bonds is 7. The zero-order valence-electron chi connectivity index (χ0n) is 11.6. The van der Waals surface area contributed by atoms with Crippen LogP contribution in [-0.4, -0.2) is 31.0 Å². The van der Waals surface area contributed by atoms with Crippen LogP contribution in [0.5, 0.6) is 5.75 Å². The van der Waals surface area contributed by atoms with Gasteiger partial charge in [-0.15, -0.1) is 0 Å². The Hall–Kier alpha value is -1.26. The monoisotopic (exact) mass is 284 g/mol. The van der Waals surface area contributed by atoms with Crippen LogP contribution in [0.25, 0.3) is 0 Å². The maximum atomic E-state index is 11.1. The Morgan fingerprint density at radius 2 is 2.16 bits per heavy atom. The van der Waals surface area contributed by atoms with Gasteiger partial charge in [0.2, 0.25) is 5.91 Å². The number of amides is 1. The van der Waals surface area contributed by atoms with Gasteiger partial charge in [0.15, 0.2) is 0 Å². The first-order valence-electron chi connectivity index (χ1n) is 6.25. The molecule has 0 aliphatic carbocycles. The number of ether oxygens (including phenoxy) is 1. The first-order chi connectivity index (χ1) is 8.92. The van der Waals surface area contributed by atoms with Crippen LogP contribution in [0.1, 0.15) is 19.4 Å². The zero-order valence-corrected chi connectivity index (χ0v) is 12.4. The van der Waals surface area contributed by atoms with Crippen LogP contribution in [0.4, 0.5) is 0 Å². The summed E-state index contributed by atoms with van der Waals surface area (Å²) in [4.78, 5) is 13.1. The number of methoxy groups -OCH3 is 1. The third-order valence-electron chi connectivity index (χ3n) is 2.64. The van der Waals surface area contributed by atoms with Crippen molar-refractivity contribution in [2.24, 2.45) is 11.7 Å². The molecule has 2 N–H and O–H groups in total. The van der Waals surface area contributed by atoms with E-state index in [1.54, 1.807) is 13.2 Å². The lowest BCUT2D eigenvalue weighted by Gasteiger charge is -2.23. The van der Waals surface area contributed by atoms with Crippen molar-refractivity contribution < 1.29 is 9.53 Å². The molecular formula is C14H21ClN2O2. The molecule has 0 aliphatic heterocycles. The van der Waals surface area contributed by atoms with Gasteiger partial charge < -0.3 is 10.5 Å². The van der Waals surface area contributed by atoms with Gasteiger partial charge in [0.1, 0.15) is 5.75 Å². The van der Waals surface area contributed by atoms with Gasteiger partial charge in [0.25, 0.3) is 0 Å². The third-order valence-corrected chi connectivity index (χ3v) is 2.87. The van der Waals surface area contributed by atoms with E-state index in [9.17, 15) is 4.79 Å². The van der Waals surface area contributed by atoms with E-state index in [1.165, 1.54) is 0 Å². The standard InChI is InChI=1S/C14H21ClN2O2/c1-10(2)7-17(9-14(16)18)8-11-6-12(15)4-5-13(11)19-3/h4-6,10H,7-9H2,1-3H3,(H2,16,18). The quantitative estimate of drug-likeness (QED) is 0.836. The summed E-state index contributed by atoms with van der Waals surface area (Å²) in [6.45, 7) is 5.81. The number of benzene rings is 1. The van der Waals surface area contributed by atoms with Crippen LogP contribution in [-0.2, 0) is 11.3 Å². The van der Waals surface area contributed by atoms with Crippen LogP contribution in [0, 0.1) is 5.92 Å². The number of hydrogen-bond acceptors (Lipinski definition) is 3. The van der Waals surface area contributed by atoms with Crippen LogP contribution in [0.2, 0.25) is 5.02 Å². The molecule has 4 nitrogen and oxygen atoms in total. The fourth-order valence-corrected chi connectivity index (χ4v) is 2.23. The summed E-state index contributed by atoms with van der Waals surface area (Å²) in [6.07, 6.45) is 0. The lowest BCUT2D eigenvalue weighted by atomic mass is 10.1. The van der Waals surface area contributed by atoms with Gasteiger partial charge in [-0.25, -0.2) is 0 Å². The molecule has 19 heavy (non-hydrogen) atoms. The molecule has 1 rings (SSSR count). The second-order valence-corrected chi connectivity index (χ2v) is 5.42. The number of hydrogen-bond donors (Lipinski definition) is 1. The van der Waals surface area contributed by atoms with Crippen molar-refractivity contribution in [2.75, 3.05) is 20.2 Å². The minimum atomic E-state index is -0.332. The average molecular weight is 285 g/mol. The van der Waals surface area contributed by atoms with E-state index >= 15 is 0 Å². The van der Waals surface area contributed by atoms with E-state index in [2.05, 4.69) is 13.8 Å². The van der Waals surface area contributed by atoms with Gasteiger partial charge in [-0.05, 0) is 24.1 Å². The van der Waals surface area contributed by atoms with Crippen molar-refractivity contribution in [1.82, 2.24) is 4.90 Å². The average Bonchev–Trinajstić information content (AvgIpc) is 2.27. The summed E-state index contributed by atoms with van der Waals surface area (Å²) >= 11 is 6.00. The molecule has 0 saturated heterocycles. The minimum absolute atomic E-state index is 0.230. The summed E-state index contributed by atoms with van der Waals surface area (Å²) in [6, 6.07) is 5.47. The lowest BCUT2D eigenvalue weighted by molar-refractivity contribution is -0.119. The molecule has 0 aromatic heterocycles. The smallest absolute Gasteiger partial charge is 0.231 e. The lowest BCUT2D eigenvalue weighted by Crippen LogP contribution is -2.35. The van der Waals surface area contributed by atoms with Gasteiger partial charge in [-0.3, -0.25) is 9.69 Å². The fourth-order valence-electron chi connectivity index (χ4n) is 2.03. The largest absolute Gasteiger partial charge is 0.496 e.